The van der Waals surface area contributed by atoms with Gasteiger partial charge in [0.1, 0.15) is 6.04 Å². The van der Waals surface area contributed by atoms with Gasteiger partial charge < -0.3 is 15.4 Å². The SMILES string of the molecule is COC(=O)C(CCC[C@@H]1SC[C@@H]2NC(=O)N[C@@H]21)N=[N+]=[N-]. The number of hydrogen-bond acceptors (Lipinski definition) is 5. The number of urea groups is 1. The minimum Gasteiger partial charge on any atom is -0.469 e. The van der Waals surface area contributed by atoms with Crippen molar-refractivity contribution in [3.63, 3.8) is 0 Å². The summed E-state index contributed by atoms with van der Waals surface area (Å²) in [5.74, 6) is 0.404. The van der Waals surface area contributed by atoms with Gasteiger partial charge in [0.25, 0.3) is 0 Å². The molecular weight excluding hydrogens is 282 g/mol. The second kappa shape index (κ2) is 6.71. The first kappa shape index (κ1) is 14.8. The fraction of sp³-hybridized carbons (Fsp3) is 0.818. The first-order valence-electron chi connectivity index (χ1n) is 6.46. The zero-order valence-corrected chi connectivity index (χ0v) is 11.9. The number of amides is 2. The summed E-state index contributed by atoms with van der Waals surface area (Å²) in [5, 5.41) is 9.59. The van der Waals surface area contributed by atoms with Gasteiger partial charge in [0.15, 0.2) is 0 Å². The third-order valence-corrected chi connectivity index (χ3v) is 5.08. The molecule has 1 unspecified atom stereocenters. The van der Waals surface area contributed by atoms with Gasteiger partial charge in [-0.05, 0) is 18.4 Å². The molecule has 0 saturated carbocycles. The van der Waals surface area contributed by atoms with Gasteiger partial charge in [-0.2, -0.15) is 11.8 Å². The van der Waals surface area contributed by atoms with Crippen LogP contribution in [-0.4, -0.2) is 48.2 Å². The fourth-order valence-electron chi connectivity index (χ4n) is 2.58. The van der Waals surface area contributed by atoms with Gasteiger partial charge in [-0.1, -0.05) is 11.5 Å². The molecule has 4 atom stereocenters. The molecule has 0 aliphatic carbocycles. The normalized spacial score (nSPS) is 28.9. The molecule has 9 heteroatoms. The van der Waals surface area contributed by atoms with Crippen molar-refractivity contribution in [2.24, 2.45) is 5.11 Å². The maximum absolute atomic E-state index is 11.4. The molecule has 2 fully saturated rings. The van der Waals surface area contributed by atoms with Crippen molar-refractivity contribution in [1.82, 2.24) is 10.6 Å². The highest BCUT2D eigenvalue weighted by Crippen LogP contribution is 2.33. The van der Waals surface area contributed by atoms with Gasteiger partial charge in [0.05, 0.1) is 19.2 Å². The van der Waals surface area contributed by atoms with E-state index in [1.54, 1.807) is 0 Å². The van der Waals surface area contributed by atoms with E-state index in [1.165, 1.54) is 7.11 Å². The van der Waals surface area contributed by atoms with E-state index >= 15 is 0 Å². The molecule has 2 heterocycles. The summed E-state index contributed by atoms with van der Waals surface area (Å²) in [4.78, 5) is 25.3. The lowest BCUT2D eigenvalue weighted by Crippen LogP contribution is -2.36. The second-order valence-electron chi connectivity index (χ2n) is 4.80. The second-order valence-corrected chi connectivity index (χ2v) is 6.07. The molecule has 8 nitrogen and oxygen atoms in total. The topological polar surface area (TPSA) is 116 Å². The van der Waals surface area contributed by atoms with E-state index in [9.17, 15) is 9.59 Å². The molecule has 2 amide bonds. The first-order valence-corrected chi connectivity index (χ1v) is 7.51. The summed E-state index contributed by atoms with van der Waals surface area (Å²) < 4.78 is 4.59. The average molecular weight is 299 g/mol. The van der Waals surface area contributed by atoms with Crippen molar-refractivity contribution >= 4 is 23.8 Å². The smallest absolute Gasteiger partial charge is 0.315 e. The van der Waals surface area contributed by atoms with Gasteiger partial charge in [-0.15, -0.1) is 0 Å². The molecule has 0 aromatic heterocycles. The van der Waals surface area contributed by atoms with Crippen LogP contribution in [0.1, 0.15) is 19.3 Å². The number of nitrogens with zero attached hydrogens (tertiary/aromatic N) is 3. The Balaban J connectivity index is 1.79. The number of carbonyl (C=O) groups is 2. The molecule has 0 spiro atoms. The zero-order valence-electron chi connectivity index (χ0n) is 11.1. The Kier molecular flexibility index (Phi) is 4.97. The highest BCUT2D eigenvalue weighted by atomic mass is 32.2. The van der Waals surface area contributed by atoms with Crippen LogP contribution in [0, 0.1) is 0 Å². The van der Waals surface area contributed by atoms with Crippen molar-refractivity contribution in [3.8, 4) is 0 Å². The molecule has 0 bridgehead atoms. The van der Waals surface area contributed by atoms with Gasteiger partial charge in [-0.25, -0.2) is 4.79 Å². The minimum atomic E-state index is -0.761. The number of esters is 1. The lowest BCUT2D eigenvalue weighted by atomic mass is 10.0. The molecule has 2 rings (SSSR count). The number of carbonyl (C=O) groups excluding carboxylic acids is 2. The number of fused-ring (bicyclic) bond motifs is 1. The van der Waals surface area contributed by atoms with E-state index in [0.29, 0.717) is 11.7 Å². The van der Waals surface area contributed by atoms with E-state index in [-0.39, 0.29) is 18.1 Å². The Morgan fingerprint density at radius 1 is 1.65 bits per heavy atom. The van der Waals surface area contributed by atoms with Crippen LogP contribution < -0.4 is 10.6 Å². The molecule has 2 aliphatic rings. The van der Waals surface area contributed by atoms with E-state index in [0.717, 1.165) is 18.6 Å². The first-order chi connectivity index (χ1) is 9.65. The number of methoxy groups -OCH3 is 1. The van der Waals surface area contributed by atoms with Crippen LogP contribution in [0.5, 0.6) is 0 Å². The van der Waals surface area contributed by atoms with Crippen LogP contribution in [0.4, 0.5) is 4.79 Å². The molecule has 0 aromatic carbocycles. The Morgan fingerprint density at radius 2 is 2.45 bits per heavy atom. The van der Waals surface area contributed by atoms with Crippen molar-refractivity contribution in [2.75, 3.05) is 12.9 Å². The van der Waals surface area contributed by atoms with E-state index in [4.69, 9.17) is 5.53 Å². The highest BCUT2D eigenvalue weighted by Gasteiger charge is 2.42. The van der Waals surface area contributed by atoms with Crippen molar-refractivity contribution in [3.05, 3.63) is 10.4 Å². The minimum absolute atomic E-state index is 0.105. The molecule has 2 aliphatic heterocycles. The van der Waals surface area contributed by atoms with Crippen LogP contribution in [0.3, 0.4) is 0 Å². The standard InChI is InChI=1S/C11H17N5O3S/c1-19-10(17)6(15-16-12)3-2-4-8-9-7(5-20-8)13-11(18)14-9/h6-9H,2-5H2,1H3,(H2,13,14,18)/t6?,7-,8-,9-/m0/s1. The Hall–Kier alpha value is -1.60. The fourth-order valence-corrected chi connectivity index (χ4v) is 4.12. The maximum Gasteiger partial charge on any atom is 0.315 e. The molecule has 2 N–H and O–H groups in total. The van der Waals surface area contributed by atoms with Gasteiger partial charge >= 0.3 is 12.0 Å². The number of nitrogens with one attached hydrogen (secondary N) is 2. The van der Waals surface area contributed by atoms with Gasteiger partial charge in [0, 0.05) is 15.9 Å². The predicted octanol–water partition coefficient (Wildman–Crippen LogP) is 1.17. The van der Waals surface area contributed by atoms with Crippen molar-refractivity contribution in [2.45, 2.75) is 42.6 Å². The lowest BCUT2D eigenvalue weighted by Gasteiger charge is -2.17. The van der Waals surface area contributed by atoms with E-state index in [1.807, 2.05) is 11.8 Å². The predicted molar refractivity (Wildman–Crippen MR) is 74.3 cm³/mol. The summed E-state index contributed by atoms with van der Waals surface area (Å²) in [6.07, 6.45) is 2.07. The van der Waals surface area contributed by atoms with Gasteiger partial charge in [-0.3, -0.25) is 4.79 Å². The number of azide groups is 1. The summed E-state index contributed by atoms with van der Waals surface area (Å²) in [7, 11) is 1.28. The number of rotatable bonds is 6. The average Bonchev–Trinajstić information content (AvgIpc) is 2.97. The van der Waals surface area contributed by atoms with E-state index in [2.05, 4.69) is 25.4 Å². The van der Waals surface area contributed by atoms with Gasteiger partial charge in [0.2, 0.25) is 0 Å². The quantitative estimate of drug-likeness (QED) is 0.252. The van der Waals surface area contributed by atoms with Crippen LogP contribution in [0.15, 0.2) is 5.11 Å². The number of hydrogen-bond donors (Lipinski definition) is 2. The summed E-state index contributed by atoms with van der Waals surface area (Å²) >= 11 is 1.82. The maximum atomic E-state index is 11.4. The molecular formula is C11H17N5O3S. The zero-order chi connectivity index (χ0) is 14.5. The van der Waals surface area contributed by atoms with Crippen molar-refractivity contribution < 1.29 is 14.3 Å². The summed E-state index contributed by atoms with van der Waals surface area (Å²) in [6, 6.07) is -0.509. The number of thioether (sulfide) groups is 1. The summed E-state index contributed by atoms with van der Waals surface area (Å²) in [5.41, 5.74) is 8.43. The van der Waals surface area contributed by atoms with E-state index < -0.39 is 12.0 Å². The third kappa shape index (κ3) is 3.29. The lowest BCUT2D eigenvalue weighted by molar-refractivity contribution is -0.142. The monoisotopic (exact) mass is 299 g/mol. The Bertz CT molecular complexity index is 440. The molecule has 20 heavy (non-hydrogen) atoms. The Morgan fingerprint density at radius 3 is 3.15 bits per heavy atom. The van der Waals surface area contributed by atoms with Crippen LogP contribution in [0.2, 0.25) is 0 Å². The van der Waals surface area contributed by atoms with Crippen LogP contribution in [-0.2, 0) is 9.53 Å². The summed E-state index contributed by atoms with van der Waals surface area (Å²) in [6.45, 7) is 0. The molecule has 0 aromatic rings. The highest BCUT2D eigenvalue weighted by molar-refractivity contribution is 8.00. The third-order valence-electron chi connectivity index (χ3n) is 3.57. The largest absolute Gasteiger partial charge is 0.469 e. The Labute approximate surface area is 120 Å². The molecule has 110 valence electrons. The van der Waals surface area contributed by atoms with Crippen molar-refractivity contribution in [1.29, 1.82) is 0 Å². The van der Waals surface area contributed by atoms with Crippen LogP contribution in [0.25, 0.3) is 10.4 Å². The molecule has 2 saturated heterocycles. The van der Waals surface area contributed by atoms with Crippen LogP contribution >= 0.6 is 11.8 Å². The molecule has 0 radical (unpaired) electrons. The number of ether oxygens (including phenoxy) is 1.